The van der Waals surface area contributed by atoms with Gasteiger partial charge in [-0.15, -0.1) is 10.2 Å². The van der Waals surface area contributed by atoms with E-state index in [1.807, 2.05) is 48.5 Å². The summed E-state index contributed by atoms with van der Waals surface area (Å²) in [5, 5.41) is 25.9. The Morgan fingerprint density at radius 2 is 1.26 bits per heavy atom. The van der Waals surface area contributed by atoms with Crippen molar-refractivity contribution in [3.63, 3.8) is 0 Å². The molecule has 0 unspecified atom stereocenters. The van der Waals surface area contributed by atoms with Crippen LogP contribution in [0.15, 0.2) is 70.7 Å². The zero-order chi connectivity index (χ0) is 33.1. The van der Waals surface area contributed by atoms with Crippen LogP contribution in [0.4, 0.5) is 0 Å². The molecule has 6 nitrogen and oxygen atoms in total. The number of carbonyl (C=O) groups excluding carboxylic acids is 1. The first kappa shape index (κ1) is 36.5. The molecule has 0 aliphatic heterocycles. The zero-order valence-corrected chi connectivity index (χ0v) is 29.6. The molecule has 0 saturated heterocycles. The number of aromatic hydroxyl groups is 1. The molecule has 1 heterocycles. The molecule has 254 valence electrons. The number of phenols is 1. The molecule has 4 aromatic rings. The normalized spacial score (nSPS) is 11.4. The molecule has 0 spiro atoms. The molecule has 0 bridgehead atoms. The molecule has 0 radical (unpaired) electrons. The third-order valence-corrected chi connectivity index (χ3v) is 9.96. The number of nitrogens with one attached hydrogen (secondary N) is 1. The average molecular weight is 657 g/mol. The highest BCUT2D eigenvalue weighted by Crippen LogP contribution is 2.40. The van der Waals surface area contributed by atoms with Crippen molar-refractivity contribution in [3.05, 3.63) is 72.1 Å². The number of hydrogen-bond donors (Lipinski definition) is 2. The Kier molecular flexibility index (Phi) is 16.2. The number of aromatic nitrogens is 3. The molecule has 0 fully saturated rings. The maximum Gasteiger partial charge on any atom is 0.255 e. The number of hydrogen-bond acceptors (Lipinski definition) is 5. The molecular formula is C40H56N4O2S. The van der Waals surface area contributed by atoms with Crippen molar-refractivity contribution in [1.29, 1.82) is 0 Å². The predicted molar refractivity (Wildman–Crippen MR) is 197 cm³/mol. The SMILES string of the molecule is CCCCCCCCCCCCNC(=O)c1cc(Sc2nnc(CCCCCCCCC)n2-c2ccccc2)c2ccccc2c1O. The smallest absolute Gasteiger partial charge is 0.255 e. The van der Waals surface area contributed by atoms with Gasteiger partial charge < -0.3 is 10.4 Å². The van der Waals surface area contributed by atoms with E-state index in [4.69, 9.17) is 0 Å². The minimum absolute atomic E-state index is 0.0228. The number of carbonyl (C=O) groups is 1. The van der Waals surface area contributed by atoms with Crippen molar-refractivity contribution in [2.24, 2.45) is 0 Å². The molecular weight excluding hydrogens is 601 g/mol. The Bertz CT molecular complexity index is 1490. The Balaban J connectivity index is 1.43. The monoisotopic (exact) mass is 656 g/mol. The van der Waals surface area contributed by atoms with Crippen LogP contribution in [0.1, 0.15) is 139 Å². The summed E-state index contributed by atoms with van der Waals surface area (Å²) in [5.41, 5.74) is 1.32. The highest BCUT2D eigenvalue weighted by Gasteiger charge is 2.21. The molecule has 1 aromatic heterocycles. The van der Waals surface area contributed by atoms with Gasteiger partial charge in [0.1, 0.15) is 11.6 Å². The van der Waals surface area contributed by atoms with E-state index in [9.17, 15) is 9.90 Å². The Hall–Kier alpha value is -3.32. The van der Waals surface area contributed by atoms with Gasteiger partial charge in [0.15, 0.2) is 0 Å². The maximum absolute atomic E-state index is 13.4. The number of fused-ring (bicyclic) bond motifs is 1. The fraction of sp³-hybridized carbons (Fsp3) is 0.525. The van der Waals surface area contributed by atoms with Gasteiger partial charge >= 0.3 is 0 Å². The highest BCUT2D eigenvalue weighted by atomic mass is 32.2. The van der Waals surface area contributed by atoms with Crippen LogP contribution in [0.3, 0.4) is 0 Å². The fourth-order valence-electron chi connectivity index (χ4n) is 6.20. The summed E-state index contributed by atoms with van der Waals surface area (Å²) >= 11 is 1.50. The molecule has 0 saturated carbocycles. The van der Waals surface area contributed by atoms with Gasteiger partial charge in [-0.1, -0.05) is 153 Å². The number of unbranched alkanes of at least 4 members (excludes halogenated alkanes) is 15. The van der Waals surface area contributed by atoms with E-state index in [0.29, 0.717) is 17.5 Å². The molecule has 7 heteroatoms. The van der Waals surface area contributed by atoms with E-state index in [2.05, 4.69) is 46.1 Å². The van der Waals surface area contributed by atoms with E-state index >= 15 is 0 Å². The lowest BCUT2D eigenvalue weighted by Gasteiger charge is -2.14. The minimum Gasteiger partial charge on any atom is -0.506 e. The molecule has 1 amide bonds. The van der Waals surface area contributed by atoms with Crippen molar-refractivity contribution < 1.29 is 9.90 Å². The third kappa shape index (κ3) is 11.4. The van der Waals surface area contributed by atoms with Crippen LogP contribution >= 0.6 is 11.8 Å². The van der Waals surface area contributed by atoms with Crippen LogP contribution < -0.4 is 5.32 Å². The first-order chi connectivity index (χ1) is 23.1. The molecule has 2 N–H and O–H groups in total. The van der Waals surface area contributed by atoms with Crippen LogP contribution in [0.25, 0.3) is 16.5 Å². The van der Waals surface area contributed by atoms with Crippen LogP contribution in [0.5, 0.6) is 5.75 Å². The average Bonchev–Trinajstić information content (AvgIpc) is 3.50. The third-order valence-electron chi connectivity index (χ3n) is 8.96. The van der Waals surface area contributed by atoms with Crippen molar-refractivity contribution in [2.75, 3.05) is 6.54 Å². The Morgan fingerprint density at radius 3 is 1.89 bits per heavy atom. The number of para-hydroxylation sites is 1. The van der Waals surface area contributed by atoms with Gasteiger partial charge in [0.25, 0.3) is 5.91 Å². The van der Waals surface area contributed by atoms with E-state index in [1.54, 1.807) is 0 Å². The van der Waals surface area contributed by atoms with Crippen molar-refractivity contribution in [3.8, 4) is 11.4 Å². The topological polar surface area (TPSA) is 80.0 Å². The second-order valence-electron chi connectivity index (χ2n) is 12.8. The molecule has 47 heavy (non-hydrogen) atoms. The van der Waals surface area contributed by atoms with E-state index in [0.717, 1.165) is 52.6 Å². The first-order valence-electron chi connectivity index (χ1n) is 18.3. The minimum atomic E-state index is -0.241. The quantitative estimate of drug-likeness (QED) is 0.0777. The number of amides is 1. The van der Waals surface area contributed by atoms with Gasteiger partial charge in [-0.3, -0.25) is 9.36 Å². The standard InChI is InChI=1S/C40H56N4O2S/c1-3-5-7-9-11-12-13-15-17-24-30-41-39(46)35-31-36(33-27-22-23-28-34(33)38(35)45)47-40-43-42-37(29-21-16-14-10-8-6-4-2)44(40)32-25-19-18-20-26-32/h18-20,22-23,25-28,31,45H,3-17,21,24,29-30H2,1-2H3,(H,41,46). The lowest BCUT2D eigenvalue weighted by atomic mass is 10.0. The van der Waals surface area contributed by atoms with Gasteiger partial charge in [0.05, 0.1) is 5.56 Å². The second kappa shape index (κ2) is 20.8. The molecule has 0 atom stereocenters. The molecule has 0 aliphatic carbocycles. The number of rotatable bonds is 23. The summed E-state index contributed by atoms with van der Waals surface area (Å²) < 4.78 is 2.15. The Morgan fingerprint density at radius 1 is 0.702 bits per heavy atom. The number of benzene rings is 3. The molecule has 4 rings (SSSR count). The number of nitrogens with zero attached hydrogens (tertiary/aromatic N) is 3. The first-order valence-corrected chi connectivity index (χ1v) is 19.2. The summed E-state index contributed by atoms with van der Waals surface area (Å²) in [6.45, 7) is 5.11. The number of aryl methyl sites for hydroxylation is 1. The summed E-state index contributed by atoms with van der Waals surface area (Å²) in [6.07, 6.45) is 22.1. The summed E-state index contributed by atoms with van der Waals surface area (Å²) in [4.78, 5) is 14.3. The molecule has 0 aliphatic rings. The lowest BCUT2D eigenvalue weighted by Crippen LogP contribution is -2.24. The van der Waals surface area contributed by atoms with E-state index < -0.39 is 0 Å². The fourth-order valence-corrected chi connectivity index (χ4v) is 7.24. The zero-order valence-electron chi connectivity index (χ0n) is 28.8. The van der Waals surface area contributed by atoms with Gasteiger partial charge in [-0.05, 0) is 48.2 Å². The van der Waals surface area contributed by atoms with Gasteiger partial charge in [0, 0.05) is 28.9 Å². The van der Waals surface area contributed by atoms with Crippen molar-refractivity contribution >= 4 is 28.4 Å². The summed E-state index contributed by atoms with van der Waals surface area (Å²) in [7, 11) is 0. The van der Waals surface area contributed by atoms with E-state index in [-0.39, 0.29) is 11.7 Å². The van der Waals surface area contributed by atoms with Crippen LogP contribution in [-0.2, 0) is 6.42 Å². The van der Waals surface area contributed by atoms with Crippen molar-refractivity contribution in [2.45, 2.75) is 139 Å². The van der Waals surface area contributed by atoms with Crippen LogP contribution in [-0.4, -0.2) is 32.3 Å². The maximum atomic E-state index is 13.4. The van der Waals surface area contributed by atoms with E-state index in [1.165, 1.54) is 102 Å². The molecule has 3 aromatic carbocycles. The van der Waals surface area contributed by atoms with Crippen LogP contribution in [0.2, 0.25) is 0 Å². The Labute approximate surface area is 287 Å². The summed E-state index contributed by atoms with van der Waals surface area (Å²) in [5.74, 6) is 0.731. The predicted octanol–water partition coefficient (Wildman–Crippen LogP) is 11.2. The van der Waals surface area contributed by atoms with Crippen LogP contribution in [0, 0.1) is 0 Å². The van der Waals surface area contributed by atoms with Crippen molar-refractivity contribution in [1.82, 2.24) is 20.1 Å². The van der Waals surface area contributed by atoms with Gasteiger partial charge in [0.2, 0.25) is 5.16 Å². The number of phenolic OH excluding ortho intramolecular Hbond substituents is 1. The van der Waals surface area contributed by atoms with Gasteiger partial charge in [-0.25, -0.2) is 0 Å². The second-order valence-corrected chi connectivity index (χ2v) is 13.8. The lowest BCUT2D eigenvalue weighted by molar-refractivity contribution is 0.0950. The summed E-state index contributed by atoms with van der Waals surface area (Å²) in [6, 6.07) is 19.8. The largest absolute Gasteiger partial charge is 0.506 e. The highest BCUT2D eigenvalue weighted by molar-refractivity contribution is 7.99. The van der Waals surface area contributed by atoms with Gasteiger partial charge in [-0.2, -0.15) is 0 Å².